The summed E-state index contributed by atoms with van der Waals surface area (Å²) in [4.78, 5) is 2.33. The van der Waals surface area contributed by atoms with E-state index in [0.717, 1.165) is 30.4 Å². The molecule has 124 valence electrons. The summed E-state index contributed by atoms with van der Waals surface area (Å²) >= 11 is 0. The first-order valence-electron chi connectivity index (χ1n) is 8.25. The predicted octanol–water partition coefficient (Wildman–Crippen LogP) is 1.44. The lowest BCUT2D eigenvalue weighted by atomic mass is 10.2. The molecule has 0 aliphatic carbocycles. The van der Waals surface area contributed by atoms with Crippen molar-refractivity contribution in [1.29, 1.82) is 0 Å². The zero-order valence-corrected chi connectivity index (χ0v) is 16.2. The van der Waals surface area contributed by atoms with Gasteiger partial charge in [0.1, 0.15) is 8.07 Å². The van der Waals surface area contributed by atoms with Crippen molar-refractivity contribution in [3.63, 3.8) is 0 Å². The van der Waals surface area contributed by atoms with Gasteiger partial charge in [0.2, 0.25) is 0 Å². The molecule has 2 bridgehead atoms. The lowest BCUT2D eigenvalue weighted by molar-refractivity contribution is 0.00141. The number of fused-ring (bicyclic) bond motifs is 6. The Hall–Kier alpha value is -0.946. The highest BCUT2D eigenvalue weighted by Gasteiger charge is 2.46. The van der Waals surface area contributed by atoms with Crippen LogP contribution in [0.1, 0.15) is 5.56 Å². The third-order valence-electron chi connectivity index (χ3n) is 3.92. The van der Waals surface area contributed by atoms with Crippen molar-refractivity contribution in [1.82, 2.24) is 4.90 Å². The van der Waals surface area contributed by atoms with E-state index in [1.807, 2.05) is 0 Å². The summed E-state index contributed by atoms with van der Waals surface area (Å²) in [6.45, 7) is 11.6. The Labute approximate surface area is 141 Å². The molecule has 0 saturated carbocycles. The van der Waals surface area contributed by atoms with E-state index < -0.39 is 16.9 Å². The molecule has 3 aliphatic rings. The van der Waals surface area contributed by atoms with Gasteiger partial charge in [-0.1, -0.05) is 37.7 Å². The Bertz CT molecular complexity index is 574. The van der Waals surface area contributed by atoms with Crippen molar-refractivity contribution < 1.29 is 13.3 Å². The molecule has 3 saturated heterocycles. The van der Waals surface area contributed by atoms with Crippen molar-refractivity contribution in [2.75, 3.05) is 39.5 Å². The van der Waals surface area contributed by atoms with Crippen LogP contribution < -0.4 is 5.19 Å². The van der Waals surface area contributed by atoms with Gasteiger partial charge < -0.3 is 13.3 Å². The Morgan fingerprint density at radius 1 is 0.913 bits per heavy atom. The molecule has 6 heteroatoms. The van der Waals surface area contributed by atoms with E-state index >= 15 is 0 Å². The van der Waals surface area contributed by atoms with Gasteiger partial charge >= 0.3 is 8.80 Å². The van der Waals surface area contributed by atoms with E-state index in [-0.39, 0.29) is 0 Å². The molecule has 0 spiro atoms. The molecule has 0 aromatic heterocycles. The number of hydrogen-bond donors (Lipinski definition) is 0. The van der Waals surface area contributed by atoms with Crippen LogP contribution in [0.4, 0.5) is 0 Å². The van der Waals surface area contributed by atoms with Crippen molar-refractivity contribution in [3.05, 3.63) is 29.8 Å². The normalized spacial score (nSPS) is 28.2. The van der Waals surface area contributed by atoms with Crippen LogP contribution in [0.25, 0.3) is 0 Å². The van der Waals surface area contributed by atoms with Crippen LogP contribution in [-0.4, -0.2) is 61.2 Å². The minimum atomic E-state index is -2.75. The summed E-state index contributed by atoms with van der Waals surface area (Å²) in [5, 5.41) is 1.05. The van der Waals surface area contributed by atoms with E-state index in [9.17, 15) is 0 Å². The average molecular weight is 348 g/mol. The molecule has 3 heterocycles. The molecule has 23 heavy (non-hydrogen) atoms. The second kappa shape index (κ2) is 6.89. The highest BCUT2D eigenvalue weighted by Crippen LogP contribution is 2.16. The highest BCUT2D eigenvalue weighted by molar-refractivity contribution is 6.83. The van der Waals surface area contributed by atoms with Gasteiger partial charge in [-0.25, -0.2) is 0 Å². The fourth-order valence-electron chi connectivity index (χ4n) is 2.66. The topological polar surface area (TPSA) is 30.9 Å². The van der Waals surface area contributed by atoms with E-state index in [1.54, 1.807) is 0 Å². The number of rotatable bonds is 1. The molecule has 0 amide bonds. The summed E-state index contributed by atoms with van der Waals surface area (Å²) in [6.07, 6.45) is 0. The van der Waals surface area contributed by atoms with Crippen molar-refractivity contribution in [2.45, 2.75) is 19.6 Å². The van der Waals surface area contributed by atoms with Gasteiger partial charge in [0.25, 0.3) is 0 Å². The van der Waals surface area contributed by atoms with E-state index in [1.165, 1.54) is 0 Å². The molecule has 0 radical (unpaired) electrons. The Kier molecular flexibility index (Phi) is 5.06. The maximum Gasteiger partial charge on any atom is 0.537 e. The minimum absolute atomic E-state index is 0.670. The maximum absolute atomic E-state index is 6.11. The first kappa shape index (κ1) is 16.9. The molecule has 1 aromatic rings. The SMILES string of the molecule is C[Si](C)(C)C#Cc1ccc([Si]23OCCN(CCO2)CCO3)cc1. The molecule has 0 unspecified atom stereocenters. The second-order valence-electron chi connectivity index (χ2n) is 7.02. The van der Waals surface area contributed by atoms with E-state index in [0.29, 0.717) is 19.8 Å². The molecule has 0 atom stereocenters. The smallest absolute Gasteiger partial charge is 0.369 e. The fourth-order valence-corrected chi connectivity index (χ4v) is 5.58. The van der Waals surface area contributed by atoms with Gasteiger partial charge in [-0.2, -0.15) is 0 Å². The molecular weight excluding hydrogens is 322 g/mol. The zero-order chi connectivity index (χ0) is 16.3. The van der Waals surface area contributed by atoms with E-state index in [2.05, 4.69) is 60.3 Å². The Morgan fingerprint density at radius 2 is 1.43 bits per heavy atom. The third kappa shape index (κ3) is 4.32. The van der Waals surface area contributed by atoms with Crippen LogP contribution >= 0.6 is 0 Å². The molecule has 3 fully saturated rings. The number of hydrogen-bond acceptors (Lipinski definition) is 4. The molecular formula is C17H25NO3Si2. The van der Waals surface area contributed by atoms with E-state index in [4.69, 9.17) is 13.3 Å². The second-order valence-corrected chi connectivity index (χ2v) is 14.3. The fraction of sp³-hybridized carbons (Fsp3) is 0.529. The summed E-state index contributed by atoms with van der Waals surface area (Å²) < 4.78 is 18.3. The lowest BCUT2D eigenvalue weighted by Crippen LogP contribution is -2.62. The largest absolute Gasteiger partial charge is 0.537 e. The maximum atomic E-state index is 6.11. The Balaban J connectivity index is 1.82. The molecule has 4 nitrogen and oxygen atoms in total. The van der Waals surface area contributed by atoms with Gasteiger partial charge in [0.05, 0.1) is 19.8 Å². The summed E-state index contributed by atoms with van der Waals surface area (Å²) in [5.41, 5.74) is 4.44. The third-order valence-corrected chi connectivity index (χ3v) is 7.59. The molecule has 3 aliphatic heterocycles. The van der Waals surface area contributed by atoms with Crippen LogP contribution in [-0.2, 0) is 13.3 Å². The highest BCUT2D eigenvalue weighted by atomic mass is 28.4. The van der Waals surface area contributed by atoms with Gasteiger partial charge in [-0.05, 0) is 12.1 Å². The minimum Gasteiger partial charge on any atom is -0.369 e. The van der Waals surface area contributed by atoms with Gasteiger partial charge in [-0.3, -0.25) is 4.90 Å². The van der Waals surface area contributed by atoms with Crippen molar-refractivity contribution in [2.24, 2.45) is 0 Å². The zero-order valence-electron chi connectivity index (χ0n) is 14.2. The van der Waals surface area contributed by atoms with Crippen LogP contribution in [0.5, 0.6) is 0 Å². The van der Waals surface area contributed by atoms with Crippen LogP contribution in [0, 0.1) is 11.5 Å². The Morgan fingerprint density at radius 3 is 1.91 bits per heavy atom. The van der Waals surface area contributed by atoms with Crippen molar-refractivity contribution in [3.8, 4) is 11.5 Å². The number of nitrogens with zero attached hydrogens (tertiary/aromatic N) is 1. The molecule has 0 N–H and O–H groups in total. The van der Waals surface area contributed by atoms with Crippen LogP contribution in [0.15, 0.2) is 24.3 Å². The van der Waals surface area contributed by atoms with Crippen LogP contribution in [0.3, 0.4) is 0 Å². The molecule has 1 aromatic carbocycles. The van der Waals surface area contributed by atoms with Gasteiger partial charge in [0.15, 0.2) is 0 Å². The lowest BCUT2D eigenvalue weighted by Gasteiger charge is -2.38. The monoisotopic (exact) mass is 347 g/mol. The summed E-state index contributed by atoms with van der Waals surface area (Å²) in [7, 11) is -4.10. The average Bonchev–Trinajstić information content (AvgIpc) is 2.44. The standard InChI is InChI=1S/C17H25NO3Si2/c1-22(2,3)15-8-16-4-6-17(7-5-16)23-19-12-9-18(10-13-20-23)11-14-21-23/h4-7H,9-14H2,1-3H3. The predicted molar refractivity (Wildman–Crippen MR) is 96.4 cm³/mol. The van der Waals surface area contributed by atoms with Gasteiger partial charge in [0, 0.05) is 30.4 Å². The summed E-state index contributed by atoms with van der Waals surface area (Å²) in [5.74, 6) is 3.29. The quantitative estimate of drug-likeness (QED) is 0.568. The summed E-state index contributed by atoms with van der Waals surface area (Å²) in [6, 6.07) is 8.26. The van der Waals surface area contributed by atoms with Crippen molar-refractivity contribution >= 4 is 22.1 Å². The van der Waals surface area contributed by atoms with Gasteiger partial charge in [-0.15, -0.1) is 5.54 Å². The molecule has 4 rings (SSSR count). The van der Waals surface area contributed by atoms with Crippen LogP contribution in [0.2, 0.25) is 19.6 Å². The number of benzene rings is 1. The first-order chi connectivity index (χ1) is 11.0. The first-order valence-corrected chi connectivity index (χ1v) is 13.5.